The number of hydrogen-bond acceptors (Lipinski definition) is 1. The Morgan fingerprint density at radius 3 is 2.22 bits per heavy atom. The van der Waals surface area contributed by atoms with E-state index >= 15 is 0 Å². The fourth-order valence-electron chi connectivity index (χ4n) is 3.00. The van der Waals surface area contributed by atoms with E-state index in [9.17, 15) is 0 Å². The van der Waals surface area contributed by atoms with Crippen molar-refractivity contribution in [3.8, 4) is 0 Å². The van der Waals surface area contributed by atoms with Gasteiger partial charge in [0.15, 0.2) is 0 Å². The zero-order valence-electron chi connectivity index (χ0n) is 11.7. The van der Waals surface area contributed by atoms with Gasteiger partial charge < -0.3 is 4.74 Å². The largest absolute Gasteiger partial charge is 0.375 e. The molecule has 1 heterocycles. The average Bonchev–Trinajstić information content (AvgIpc) is 2.56. The van der Waals surface area contributed by atoms with E-state index in [1.165, 1.54) is 11.1 Å². The highest BCUT2D eigenvalue weighted by molar-refractivity contribution is 6.21. The van der Waals surface area contributed by atoms with Gasteiger partial charge in [0.1, 0.15) is 0 Å². The Labute approximate surface area is 115 Å². The maximum absolute atomic E-state index is 6.64. The molecular weight excluding hydrogens is 244 g/mol. The van der Waals surface area contributed by atoms with Crippen LogP contribution in [-0.2, 0) is 11.2 Å². The molecule has 2 heteroatoms. The summed E-state index contributed by atoms with van der Waals surface area (Å²) in [4.78, 5) is 0. The lowest BCUT2D eigenvalue weighted by molar-refractivity contribution is 0.0508. The number of aryl methyl sites for hydroxylation is 1. The molecule has 0 radical (unpaired) electrons. The third-order valence-electron chi connectivity index (χ3n) is 4.29. The average molecular weight is 267 g/mol. The fraction of sp³-hybridized carbons (Fsp3) is 0.625. The number of hydrogen-bond donors (Lipinski definition) is 0. The van der Waals surface area contributed by atoms with Crippen LogP contribution in [0, 0.1) is 18.8 Å². The molecule has 0 N–H and O–H groups in total. The van der Waals surface area contributed by atoms with Crippen molar-refractivity contribution in [2.45, 2.75) is 51.7 Å². The van der Waals surface area contributed by atoms with Crippen molar-refractivity contribution >= 4 is 11.6 Å². The molecule has 1 aromatic rings. The molecule has 0 bridgehead atoms. The zero-order valence-corrected chi connectivity index (χ0v) is 12.4. The molecule has 5 unspecified atom stereocenters. The minimum atomic E-state index is 0.155. The molecule has 1 saturated heterocycles. The van der Waals surface area contributed by atoms with E-state index in [-0.39, 0.29) is 11.5 Å². The summed E-state index contributed by atoms with van der Waals surface area (Å²) in [6.07, 6.45) is 1.52. The second-order valence-corrected chi connectivity index (χ2v) is 6.25. The summed E-state index contributed by atoms with van der Waals surface area (Å²) in [7, 11) is 0. The predicted octanol–water partition coefficient (Wildman–Crippen LogP) is 4.20. The maximum Gasteiger partial charge on any atom is 0.0596 e. The smallest absolute Gasteiger partial charge is 0.0596 e. The van der Waals surface area contributed by atoms with Crippen molar-refractivity contribution in [2.24, 2.45) is 11.8 Å². The summed E-state index contributed by atoms with van der Waals surface area (Å²) >= 11 is 6.64. The maximum atomic E-state index is 6.64. The summed E-state index contributed by atoms with van der Waals surface area (Å²) in [5.41, 5.74) is 2.61. The highest BCUT2D eigenvalue weighted by Gasteiger charge is 2.40. The first-order chi connectivity index (χ1) is 8.49. The van der Waals surface area contributed by atoms with Gasteiger partial charge in [0.25, 0.3) is 0 Å². The molecule has 2 rings (SSSR count). The topological polar surface area (TPSA) is 9.23 Å². The summed E-state index contributed by atoms with van der Waals surface area (Å²) < 4.78 is 5.88. The molecular formula is C16H23ClO. The lowest BCUT2D eigenvalue weighted by Gasteiger charge is -2.24. The molecule has 100 valence electrons. The van der Waals surface area contributed by atoms with Gasteiger partial charge in [-0.3, -0.25) is 0 Å². The van der Waals surface area contributed by atoms with Crippen LogP contribution in [0.1, 0.15) is 31.9 Å². The van der Waals surface area contributed by atoms with E-state index in [2.05, 4.69) is 52.0 Å². The van der Waals surface area contributed by atoms with Crippen molar-refractivity contribution < 1.29 is 4.74 Å². The monoisotopic (exact) mass is 266 g/mol. The lowest BCUT2D eigenvalue weighted by atomic mass is 9.84. The van der Waals surface area contributed by atoms with Crippen molar-refractivity contribution in [1.82, 2.24) is 0 Å². The Morgan fingerprint density at radius 1 is 1.11 bits per heavy atom. The van der Waals surface area contributed by atoms with Crippen molar-refractivity contribution in [1.29, 1.82) is 0 Å². The van der Waals surface area contributed by atoms with E-state index in [1.807, 2.05) is 0 Å². The molecule has 1 aromatic carbocycles. The van der Waals surface area contributed by atoms with Gasteiger partial charge in [-0.1, -0.05) is 36.8 Å². The molecule has 0 spiro atoms. The highest BCUT2D eigenvalue weighted by Crippen LogP contribution is 2.37. The minimum Gasteiger partial charge on any atom is -0.375 e. The predicted molar refractivity (Wildman–Crippen MR) is 77.2 cm³/mol. The van der Waals surface area contributed by atoms with Gasteiger partial charge in [-0.05, 0) is 38.7 Å². The van der Waals surface area contributed by atoms with Gasteiger partial charge in [0, 0.05) is 11.3 Å². The Morgan fingerprint density at radius 2 is 1.72 bits per heavy atom. The molecule has 1 aliphatic heterocycles. The molecule has 0 saturated carbocycles. The first-order valence-electron chi connectivity index (χ1n) is 6.84. The molecule has 1 aliphatic rings. The van der Waals surface area contributed by atoms with Crippen LogP contribution < -0.4 is 0 Å². The van der Waals surface area contributed by atoms with Gasteiger partial charge in [0.05, 0.1) is 12.2 Å². The minimum absolute atomic E-state index is 0.155. The fourth-order valence-corrected chi connectivity index (χ4v) is 3.62. The van der Waals surface area contributed by atoms with E-state index in [1.54, 1.807) is 0 Å². The molecule has 18 heavy (non-hydrogen) atoms. The van der Waals surface area contributed by atoms with Gasteiger partial charge in [-0.15, -0.1) is 11.6 Å². The normalized spacial score (nSPS) is 33.6. The Bertz CT molecular complexity index is 387. The van der Waals surface area contributed by atoms with Crippen LogP contribution in [0.5, 0.6) is 0 Å². The van der Waals surface area contributed by atoms with Crippen LogP contribution in [0.4, 0.5) is 0 Å². The van der Waals surface area contributed by atoms with E-state index in [0.717, 1.165) is 6.42 Å². The van der Waals surface area contributed by atoms with Gasteiger partial charge in [-0.25, -0.2) is 0 Å². The van der Waals surface area contributed by atoms with Crippen molar-refractivity contribution in [3.63, 3.8) is 0 Å². The van der Waals surface area contributed by atoms with Crippen LogP contribution in [0.15, 0.2) is 24.3 Å². The quantitative estimate of drug-likeness (QED) is 0.745. The molecule has 0 amide bonds. The van der Waals surface area contributed by atoms with Crippen LogP contribution in [0.25, 0.3) is 0 Å². The Balaban J connectivity index is 2.03. The van der Waals surface area contributed by atoms with Gasteiger partial charge in [0.2, 0.25) is 0 Å². The Kier molecular flexibility index (Phi) is 4.34. The van der Waals surface area contributed by atoms with Crippen LogP contribution in [-0.4, -0.2) is 17.6 Å². The van der Waals surface area contributed by atoms with E-state index in [4.69, 9.17) is 16.3 Å². The van der Waals surface area contributed by atoms with E-state index < -0.39 is 0 Å². The number of halogens is 1. The molecule has 1 fully saturated rings. The summed E-state index contributed by atoms with van der Waals surface area (Å²) in [6, 6.07) is 8.66. The highest BCUT2D eigenvalue weighted by atomic mass is 35.5. The standard InChI is InChI=1S/C16H23ClO/c1-10-5-7-14(8-6-10)9-15(17)16-11(2)12(3)18-13(16)4/h5-8,11-13,15-16H,9H2,1-4H3. The van der Waals surface area contributed by atoms with Crippen LogP contribution in [0.2, 0.25) is 0 Å². The van der Waals surface area contributed by atoms with E-state index in [0.29, 0.717) is 17.9 Å². The molecule has 1 nitrogen and oxygen atoms in total. The first kappa shape index (κ1) is 13.9. The second-order valence-electron chi connectivity index (χ2n) is 5.69. The number of ether oxygens (including phenoxy) is 1. The Hall–Kier alpha value is -0.530. The van der Waals surface area contributed by atoms with Crippen molar-refractivity contribution in [3.05, 3.63) is 35.4 Å². The van der Waals surface area contributed by atoms with Gasteiger partial charge >= 0.3 is 0 Å². The summed E-state index contributed by atoms with van der Waals surface area (Å²) in [5, 5.41) is 0.155. The first-order valence-corrected chi connectivity index (χ1v) is 7.27. The number of rotatable bonds is 3. The summed E-state index contributed by atoms with van der Waals surface area (Å²) in [5.74, 6) is 0.982. The second kappa shape index (κ2) is 5.63. The molecule has 5 atom stereocenters. The third-order valence-corrected chi connectivity index (χ3v) is 4.73. The van der Waals surface area contributed by atoms with Crippen LogP contribution >= 0.6 is 11.6 Å². The zero-order chi connectivity index (χ0) is 13.3. The SMILES string of the molecule is Cc1ccc(CC(Cl)C2C(C)OC(C)C2C)cc1. The van der Waals surface area contributed by atoms with Crippen molar-refractivity contribution in [2.75, 3.05) is 0 Å². The molecule has 0 aromatic heterocycles. The summed E-state index contributed by atoms with van der Waals surface area (Å²) in [6.45, 7) is 8.66. The third kappa shape index (κ3) is 2.89. The van der Waals surface area contributed by atoms with Crippen LogP contribution in [0.3, 0.4) is 0 Å². The number of alkyl halides is 1. The number of benzene rings is 1. The molecule has 0 aliphatic carbocycles. The lowest BCUT2D eigenvalue weighted by Crippen LogP contribution is -2.28. The van der Waals surface area contributed by atoms with Gasteiger partial charge in [-0.2, -0.15) is 0 Å².